The van der Waals surface area contributed by atoms with E-state index in [0.29, 0.717) is 11.7 Å². The highest BCUT2D eigenvalue weighted by molar-refractivity contribution is 7.09. The van der Waals surface area contributed by atoms with Gasteiger partial charge in [-0.3, -0.25) is 4.79 Å². The Morgan fingerprint density at radius 1 is 1.30 bits per heavy atom. The monoisotopic (exact) mass is 329 g/mol. The number of aromatic amines is 1. The van der Waals surface area contributed by atoms with Gasteiger partial charge in [-0.15, -0.1) is 11.3 Å². The molecule has 0 aromatic carbocycles. The van der Waals surface area contributed by atoms with Gasteiger partial charge in [0.05, 0.1) is 10.7 Å². The van der Waals surface area contributed by atoms with E-state index in [0.717, 1.165) is 40.9 Å². The second-order valence-corrected chi connectivity index (χ2v) is 8.05. The highest BCUT2D eigenvalue weighted by Gasteiger charge is 2.34. The number of carbonyl (C=O) groups is 1. The highest BCUT2D eigenvalue weighted by Crippen LogP contribution is 2.42. The van der Waals surface area contributed by atoms with Gasteiger partial charge in [0, 0.05) is 23.2 Å². The molecule has 2 aromatic rings. The molecule has 2 aliphatic rings. The summed E-state index contributed by atoms with van der Waals surface area (Å²) in [5, 5.41) is 6.30. The quantitative estimate of drug-likeness (QED) is 0.889. The summed E-state index contributed by atoms with van der Waals surface area (Å²) in [6.45, 7) is 1.99. The molecule has 0 aliphatic heterocycles. The first-order valence-electron chi connectivity index (χ1n) is 8.61. The van der Waals surface area contributed by atoms with Crippen LogP contribution in [-0.4, -0.2) is 21.9 Å². The van der Waals surface area contributed by atoms with Gasteiger partial charge >= 0.3 is 0 Å². The lowest BCUT2D eigenvalue weighted by molar-refractivity contribution is 0.0906. The van der Waals surface area contributed by atoms with Crippen LogP contribution in [0.15, 0.2) is 17.6 Å². The molecule has 23 heavy (non-hydrogen) atoms. The van der Waals surface area contributed by atoms with Crippen molar-refractivity contribution < 1.29 is 4.79 Å². The molecular weight excluding hydrogens is 306 g/mol. The van der Waals surface area contributed by atoms with Crippen LogP contribution in [0.1, 0.15) is 54.0 Å². The summed E-state index contributed by atoms with van der Waals surface area (Å²) >= 11 is 1.63. The standard InChI is InChI=1S/C18H23N3OS/c1-11-20-17(10-23-11)14-8-16(19-9-14)18(22)21-15-6-5-12-3-2-4-13(12)7-15/h8-10,12-13,15,19H,2-7H2,1H3,(H,21,22)/t12-,13+,15+/m0/s1. The Kier molecular flexibility index (Phi) is 3.97. The van der Waals surface area contributed by atoms with Crippen LogP contribution in [0.4, 0.5) is 0 Å². The lowest BCUT2D eigenvalue weighted by Gasteiger charge is -2.32. The molecule has 0 saturated heterocycles. The number of nitrogens with zero attached hydrogens (tertiary/aromatic N) is 1. The van der Waals surface area contributed by atoms with Crippen molar-refractivity contribution >= 4 is 17.2 Å². The number of thiazole rings is 1. The van der Waals surface area contributed by atoms with E-state index in [9.17, 15) is 4.79 Å². The first kappa shape index (κ1) is 14.9. The van der Waals surface area contributed by atoms with Gasteiger partial charge in [-0.2, -0.15) is 0 Å². The zero-order valence-corrected chi connectivity index (χ0v) is 14.3. The van der Waals surface area contributed by atoms with Gasteiger partial charge in [0.15, 0.2) is 0 Å². The van der Waals surface area contributed by atoms with Crippen LogP contribution in [0.2, 0.25) is 0 Å². The van der Waals surface area contributed by atoms with Crippen molar-refractivity contribution in [3.8, 4) is 11.3 Å². The molecule has 4 rings (SSSR count). The molecule has 5 heteroatoms. The van der Waals surface area contributed by atoms with E-state index < -0.39 is 0 Å². The maximum absolute atomic E-state index is 12.5. The van der Waals surface area contributed by atoms with E-state index in [1.807, 2.05) is 24.6 Å². The second kappa shape index (κ2) is 6.11. The van der Waals surface area contributed by atoms with Crippen molar-refractivity contribution in [1.82, 2.24) is 15.3 Å². The second-order valence-electron chi connectivity index (χ2n) is 6.99. The molecule has 2 N–H and O–H groups in total. The number of amides is 1. The van der Waals surface area contributed by atoms with E-state index in [-0.39, 0.29) is 5.91 Å². The molecule has 2 aliphatic carbocycles. The number of hydrogen-bond donors (Lipinski definition) is 2. The minimum absolute atomic E-state index is 0.0182. The van der Waals surface area contributed by atoms with E-state index in [1.165, 1.54) is 25.7 Å². The van der Waals surface area contributed by atoms with Gasteiger partial charge in [-0.05, 0) is 44.1 Å². The van der Waals surface area contributed by atoms with Crippen LogP contribution in [0.25, 0.3) is 11.3 Å². The predicted octanol–water partition coefficient (Wildman–Crippen LogP) is 4.15. The summed E-state index contributed by atoms with van der Waals surface area (Å²) in [7, 11) is 0. The van der Waals surface area contributed by atoms with E-state index in [2.05, 4.69) is 15.3 Å². The van der Waals surface area contributed by atoms with Crippen LogP contribution in [0.3, 0.4) is 0 Å². The summed E-state index contributed by atoms with van der Waals surface area (Å²) < 4.78 is 0. The van der Waals surface area contributed by atoms with E-state index in [1.54, 1.807) is 11.3 Å². The largest absolute Gasteiger partial charge is 0.357 e. The van der Waals surface area contributed by atoms with Crippen molar-refractivity contribution in [1.29, 1.82) is 0 Å². The summed E-state index contributed by atoms with van der Waals surface area (Å²) in [6, 6.07) is 2.25. The number of carbonyl (C=O) groups excluding carboxylic acids is 1. The number of H-pyrrole nitrogens is 1. The van der Waals surface area contributed by atoms with Crippen molar-refractivity contribution in [3.63, 3.8) is 0 Å². The predicted molar refractivity (Wildman–Crippen MR) is 92.6 cm³/mol. The lowest BCUT2D eigenvalue weighted by Crippen LogP contribution is -2.39. The fourth-order valence-corrected chi connectivity index (χ4v) is 4.89. The number of rotatable bonds is 3. The molecule has 2 saturated carbocycles. The van der Waals surface area contributed by atoms with Crippen molar-refractivity contribution in [2.45, 2.75) is 51.5 Å². The zero-order chi connectivity index (χ0) is 15.8. The Labute approximate surface area is 140 Å². The molecule has 0 radical (unpaired) electrons. The fraction of sp³-hybridized carbons (Fsp3) is 0.556. The average Bonchev–Trinajstić information content (AvgIpc) is 3.26. The minimum atomic E-state index is 0.0182. The van der Waals surface area contributed by atoms with Gasteiger partial charge in [0.2, 0.25) is 0 Å². The Hall–Kier alpha value is -1.62. The number of aromatic nitrogens is 2. The molecule has 0 unspecified atom stereocenters. The van der Waals surface area contributed by atoms with Crippen LogP contribution in [0, 0.1) is 18.8 Å². The molecule has 122 valence electrons. The summed E-state index contributed by atoms with van der Waals surface area (Å²) in [4.78, 5) is 20.1. The van der Waals surface area contributed by atoms with Crippen molar-refractivity contribution in [2.75, 3.05) is 0 Å². The molecule has 1 amide bonds. The number of nitrogens with one attached hydrogen (secondary N) is 2. The average molecular weight is 329 g/mol. The first-order valence-corrected chi connectivity index (χ1v) is 9.49. The zero-order valence-electron chi connectivity index (χ0n) is 13.5. The van der Waals surface area contributed by atoms with Crippen molar-refractivity contribution in [3.05, 3.63) is 28.3 Å². The van der Waals surface area contributed by atoms with Crippen molar-refractivity contribution in [2.24, 2.45) is 11.8 Å². The molecule has 0 spiro atoms. The van der Waals surface area contributed by atoms with Gasteiger partial charge in [-0.1, -0.05) is 19.3 Å². The Balaban J connectivity index is 1.40. The number of fused-ring (bicyclic) bond motifs is 1. The number of hydrogen-bond acceptors (Lipinski definition) is 3. The molecular formula is C18H23N3OS. The summed E-state index contributed by atoms with van der Waals surface area (Å²) in [5.41, 5.74) is 2.56. The molecule has 4 nitrogen and oxygen atoms in total. The molecule has 0 bridgehead atoms. The molecule has 2 heterocycles. The van der Waals surface area contributed by atoms with Gasteiger partial charge in [0.1, 0.15) is 5.69 Å². The highest BCUT2D eigenvalue weighted by atomic mass is 32.1. The van der Waals surface area contributed by atoms with Gasteiger partial charge < -0.3 is 10.3 Å². The normalized spacial score (nSPS) is 26.9. The minimum Gasteiger partial charge on any atom is -0.357 e. The van der Waals surface area contributed by atoms with Crippen LogP contribution >= 0.6 is 11.3 Å². The molecule has 2 aromatic heterocycles. The Morgan fingerprint density at radius 3 is 3.00 bits per heavy atom. The first-order chi connectivity index (χ1) is 11.2. The smallest absolute Gasteiger partial charge is 0.267 e. The van der Waals surface area contributed by atoms with Crippen LogP contribution in [0.5, 0.6) is 0 Å². The summed E-state index contributed by atoms with van der Waals surface area (Å²) in [6.07, 6.45) is 9.58. The third-order valence-corrected chi connectivity index (χ3v) is 6.24. The maximum Gasteiger partial charge on any atom is 0.267 e. The van der Waals surface area contributed by atoms with Gasteiger partial charge in [-0.25, -0.2) is 4.98 Å². The Morgan fingerprint density at radius 2 is 2.17 bits per heavy atom. The van der Waals surface area contributed by atoms with E-state index in [4.69, 9.17) is 0 Å². The molecule has 3 atom stereocenters. The summed E-state index contributed by atoms with van der Waals surface area (Å²) in [5.74, 6) is 1.78. The van der Waals surface area contributed by atoms with Crippen LogP contribution in [-0.2, 0) is 0 Å². The van der Waals surface area contributed by atoms with Crippen LogP contribution < -0.4 is 5.32 Å². The lowest BCUT2D eigenvalue weighted by atomic mass is 9.79. The third kappa shape index (κ3) is 3.07. The van der Waals surface area contributed by atoms with E-state index >= 15 is 0 Å². The Bertz CT molecular complexity index is 705. The fourth-order valence-electron chi connectivity index (χ4n) is 4.27. The topological polar surface area (TPSA) is 57.8 Å². The molecule has 2 fully saturated rings. The SMILES string of the molecule is Cc1nc(-c2c[nH]c(C(=O)N[C@@H]3CC[C@@H]4CCC[C@@H]4C3)c2)cs1. The van der Waals surface area contributed by atoms with Gasteiger partial charge in [0.25, 0.3) is 5.91 Å². The maximum atomic E-state index is 12.5. The third-order valence-electron chi connectivity index (χ3n) is 5.47. The number of aryl methyl sites for hydroxylation is 1.